The SMILES string of the molecule is C[C@@H](c1ccc(-n2cncn2)cc1)N(C)S(=O)(=O)c1ccc(Cl)cc1F. The largest absolute Gasteiger partial charge is 0.246 e. The predicted octanol–water partition coefficient (Wildman–Crippen LogP) is 3.44. The van der Waals surface area contributed by atoms with E-state index >= 15 is 0 Å². The summed E-state index contributed by atoms with van der Waals surface area (Å²) in [4.78, 5) is 3.48. The molecule has 0 N–H and O–H groups in total. The summed E-state index contributed by atoms with van der Waals surface area (Å²) < 4.78 is 42.3. The summed E-state index contributed by atoms with van der Waals surface area (Å²) in [5, 5.41) is 4.18. The molecule has 1 heterocycles. The van der Waals surface area contributed by atoms with Crippen molar-refractivity contribution < 1.29 is 12.8 Å². The summed E-state index contributed by atoms with van der Waals surface area (Å²) in [6.07, 6.45) is 3.00. The van der Waals surface area contributed by atoms with Gasteiger partial charge in [0.15, 0.2) is 0 Å². The zero-order valence-electron chi connectivity index (χ0n) is 14.0. The van der Waals surface area contributed by atoms with Crippen LogP contribution in [-0.4, -0.2) is 34.5 Å². The third kappa shape index (κ3) is 3.48. The summed E-state index contributed by atoms with van der Waals surface area (Å²) in [7, 11) is -2.60. The number of halogens is 2. The highest BCUT2D eigenvalue weighted by atomic mass is 35.5. The van der Waals surface area contributed by atoms with E-state index < -0.39 is 26.8 Å². The maximum absolute atomic E-state index is 14.1. The van der Waals surface area contributed by atoms with Crippen LogP contribution in [0.2, 0.25) is 5.02 Å². The lowest BCUT2D eigenvalue weighted by atomic mass is 10.1. The lowest BCUT2D eigenvalue weighted by Gasteiger charge is -2.25. The number of benzene rings is 2. The minimum atomic E-state index is -4.01. The second kappa shape index (κ2) is 7.14. The highest BCUT2D eigenvalue weighted by molar-refractivity contribution is 7.89. The van der Waals surface area contributed by atoms with E-state index in [1.54, 1.807) is 30.1 Å². The van der Waals surface area contributed by atoms with Gasteiger partial charge in [-0.15, -0.1) is 0 Å². The molecule has 3 rings (SSSR count). The first-order valence-corrected chi connectivity index (χ1v) is 9.50. The van der Waals surface area contributed by atoms with Gasteiger partial charge in [0, 0.05) is 18.1 Å². The van der Waals surface area contributed by atoms with Crippen LogP contribution in [0.5, 0.6) is 0 Å². The fourth-order valence-corrected chi connectivity index (χ4v) is 4.06. The molecule has 26 heavy (non-hydrogen) atoms. The van der Waals surface area contributed by atoms with Crippen molar-refractivity contribution in [3.05, 3.63) is 71.5 Å². The first-order valence-electron chi connectivity index (χ1n) is 7.69. The van der Waals surface area contributed by atoms with Crippen LogP contribution in [0.15, 0.2) is 60.0 Å². The molecule has 1 aromatic heterocycles. The van der Waals surface area contributed by atoms with E-state index in [1.807, 2.05) is 12.1 Å². The molecule has 0 bridgehead atoms. The molecular weight excluding hydrogens is 379 g/mol. The first-order chi connectivity index (χ1) is 12.3. The van der Waals surface area contributed by atoms with Crippen LogP contribution in [0.1, 0.15) is 18.5 Å². The van der Waals surface area contributed by atoms with Crippen molar-refractivity contribution in [1.29, 1.82) is 0 Å². The van der Waals surface area contributed by atoms with Crippen molar-refractivity contribution in [2.45, 2.75) is 17.9 Å². The van der Waals surface area contributed by atoms with Crippen LogP contribution in [0.4, 0.5) is 4.39 Å². The third-order valence-corrected chi connectivity index (χ3v) is 6.35. The second-order valence-electron chi connectivity index (χ2n) is 5.70. The number of hydrogen-bond donors (Lipinski definition) is 0. The second-order valence-corrected chi connectivity index (χ2v) is 8.11. The molecule has 0 saturated carbocycles. The summed E-state index contributed by atoms with van der Waals surface area (Å²) >= 11 is 5.70. The molecule has 3 aromatic rings. The summed E-state index contributed by atoms with van der Waals surface area (Å²) in [6, 6.07) is 10.2. The highest BCUT2D eigenvalue weighted by Crippen LogP contribution is 2.28. The van der Waals surface area contributed by atoms with Crippen molar-refractivity contribution in [1.82, 2.24) is 19.1 Å². The Bertz CT molecular complexity index is 1010. The molecule has 136 valence electrons. The average Bonchev–Trinajstić information content (AvgIpc) is 3.15. The van der Waals surface area contributed by atoms with Gasteiger partial charge in [-0.25, -0.2) is 22.5 Å². The molecule has 0 aliphatic rings. The first kappa shape index (κ1) is 18.5. The average molecular weight is 395 g/mol. The van der Waals surface area contributed by atoms with Crippen LogP contribution in [0.3, 0.4) is 0 Å². The molecule has 2 aromatic carbocycles. The van der Waals surface area contributed by atoms with E-state index in [2.05, 4.69) is 10.1 Å². The molecule has 0 unspecified atom stereocenters. The molecule has 1 atom stereocenters. The molecule has 0 fully saturated rings. The topological polar surface area (TPSA) is 68.1 Å². The Morgan fingerprint density at radius 2 is 1.88 bits per heavy atom. The molecule has 9 heteroatoms. The van der Waals surface area contributed by atoms with E-state index in [0.29, 0.717) is 0 Å². The minimum Gasteiger partial charge on any atom is -0.223 e. The van der Waals surface area contributed by atoms with Gasteiger partial charge in [-0.05, 0) is 42.8 Å². The third-order valence-electron chi connectivity index (χ3n) is 4.16. The number of hydrogen-bond acceptors (Lipinski definition) is 4. The Morgan fingerprint density at radius 3 is 2.46 bits per heavy atom. The van der Waals surface area contributed by atoms with Gasteiger partial charge in [-0.2, -0.15) is 9.40 Å². The van der Waals surface area contributed by atoms with Gasteiger partial charge in [-0.3, -0.25) is 0 Å². The summed E-state index contributed by atoms with van der Waals surface area (Å²) in [5.74, 6) is -0.877. The van der Waals surface area contributed by atoms with Gasteiger partial charge in [0.1, 0.15) is 23.4 Å². The van der Waals surface area contributed by atoms with Crippen molar-refractivity contribution in [3.8, 4) is 5.69 Å². The van der Waals surface area contributed by atoms with Crippen molar-refractivity contribution >= 4 is 21.6 Å². The molecule has 0 amide bonds. The van der Waals surface area contributed by atoms with Gasteiger partial charge in [0.25, 0.3) is 0 Å². The number of sulfonamides is 1. The van der Waals surface area contributed by atoms with Gasteiger partial charge in [0.05, 0.1) is 5.69 Å². The Hall–Kier alpha value is -2.29. The summed E-state index contributed by atoms with van der Waals surface area (Å²) in [5.41, 5.74) is 1.56. The zero-order chi connectivity index (χ0) is 18.9. The van der Waals surface area contributed by atoms with Crippen molar-refractivity contribution in [2.24, 2.45) is 0 Å². The van der Waals surface area contributed by atoms with E-state index in [4.69, 9.17) is 11.6 Å². The number of aromatic nitrogens is 3. The number of rotatable bonds is 5. The predicted molar refractivity (Wildman–Crippen MR) is 96.1 cm³/mol. The van der Waals surface area contributed by atoms with Crippen molar-refractivity contribution in [2.75, 3.05) is 7.05 Å². The fraction of sp³-hybridized carbons (Fsp3) is 0.176. The monoisotopic (exact) mass is 394 g/mol. The highest BCUT2D eigenvalue weighted by Gasteiger charge is 2.29. The Kier molecular flexibility index (Phi) is 5.08. The van der Waals surface area contributed by atoms with Gasteiger partial charge in [0.2, 0.25) is 10.0 Å². The quantitative estimate of drug-likeness (QED) is 0.664. The normalized spacial score (nSPS) is 13.1. The van der Waals surface area contributed by atoms with Crippen LogP contribution in [0, 0.1) is 5.82 Å². The molecule has 0 radical (unpaired) electrons. The van der Waals surface area contributed by atoms with Crippen LogP contribution < -0.4 is 0 Å². The lowest BCUT2D eigenvalue weighted by Crippen LogP contribution is -2.30. The molecule has 0 aliphatic carbocycles. The standard InChI is InChI=1S/C17H16ClFN4O2S/c1-12(13-3-6-15(7-4-13)23-11-20-10-21-23)22(2)26(24,25)17-8-5-14(18)9-16(17)19/h3-12H,1-2H3/t12-/m0/s1. The molecule has 0 saturated heterocycles. The van der Waals surface area contributed by atoms with Crippen LogP contribution >= 0.6 is 11.6 Å². The fourth-order valence-electron chi connectivity index (χ4n) is 2.50. The molecule has 0 aliphatic heterocycles. The minimum absolute atomic E-state index is 0.140. The van der Waals surface area contributed by atoms with Gasteiger partial charge < -0.3 is 0 Å². The van der Waals surface area contributed by atoms with Crippen molar-refractivity contribution in [3.63, 3.8) is 0 Å². The smallest absolute Gasteiger partial charge is 0.223 e. The molecular formula is C17H16ClFN4O2S. The maximum atomic E-state index is 14.1. The zero-order valence-corrected chi connectivity index (χ0v) is 15.6. The summed E-state index contributed by atoms with van der Waals surface area (Å²) in [6.45, 7) is 1.73. The van der Waals surface area contributed by atoms with Gasteiger partial charge >= 0.3 is 0 Å². The van der Waals surface area contributed by atoms with Crippen LogP contribution in [-0.2, 0) is 10.0 Å². The Labute approximate surface area is 155 Å². The molecule has 6 nitrogen and oxygen atoms in total. The van der Waals surface area contributed by atoms with Crippen LogP contribution in [0.25, 0.3) is 5.69 Å². The van der Waals surface area contributed by atoms with E-state index in [0.717, 1.165) is 21.6 Å². The number of nitrogens with zero attached hydrogens (tertiary/aromatic N) is 4. The Balaban J connectivity index is 1.87. The van der Waals surface area contributed by atoms with E-state index in [-0.39, 0.29) is 5.02 Å². The maximum Gasteiger partial charge on any atom is 0.246 e. The Morgan fingerprint density at radius 1 is 1.19 bits per heavy atom. The molecule has 0 spiro atoms. The van der Waals surface area contributed by atoms with Gasteiger partial charge in [-0.1, -0.05) is 23.7 Å². The lowest BCUT2D eigenvalue weighted by molar-refractivity contribution is 0.395. The van der Waals surface area contributed by atoms with E-state index in [1.165, 1.54) is 25.5 Å². The van der Waals surface area contributed by atoms with E-state index in [9.17, 15) is 12.8 Å².